The van der Waals surface area contributed by atoms with Gasteiger partial charge in [0, 0.05) is 5.69 Å². The van der Waals surface area contributed by atoms with Gasteiger partial charge in [0.15, 0.2) is 0 Å². The van der Waals surface area contributed by atoms with Crippen LogP contribution in [0.1, 0.15) is 23.6 Å². The quantitative estimate of drug-likeness (QED) is 0.888. The Morgan fingerprint density at radius 1 is 1.00 bits per heavy atom. The maximum atomic E-state index is 12.7. The lowest BCUT2D eigenvalue weighted by Crippen LogP contribution is -2.45. The standard InChI is InChI=1S/C19H24N2O3S/c1-13-7-10-17(11-8-13)21(25(5,23)24)16(4)19(22)20-18-12-14(2)6-9-15(18)3/h6-12,16H,1-5H3,(H,20,22)/t16-/m0/s1. The van der Waals surface area contributed by atoms with E-state index in [1.807, 2.05) is 51.1 Å². The van der Waals surface area contributed by atoms with Crippen LogP contribution in [0, 0.1) is 20.8 Å². The van der Waals surface area contributed by atoms with Crippen LogP contribution >= 0.6 is 0 Å². The van der Waals surface area contributed by atoms with Crippen LogP contribution in [-0.2, 0) is 14.8 Å². The molecule has 5 nitrogen and oxygen atoms in total. The van der Waals surface area contributed by atoms with E-state index in [-0.39, 0.29) is 5.91 Å². The van der Waals surface area contributed by atoms with Crippen LogP contribution in [0.2, 0.25) is 0 Å². The van der Waals surface area contributed by atoms with Crippen LogP contribution < -0.4 is 9.62 Å². The second kappa shape index (κ2) is 7.27. The second-order valence-corrected chi connectivity index (χ2v) is 8.24. The highest BCUT2D eigenvalue weighted by Gasteiger charge is 2.29. The summed E-state index contributed by atoms with van der Waals surface area (Å²) in [6.45, 7) is 7.34. The predicted octanol–water partition coefficient (Wildman–Crippen LogP) is 3.41. The molecule has 1 atom stereocenters. The monoisotopic (exact) mass is 360 g/mol. The number of sulfonamides is 1. The minimum absolute atomic E-state index is 0.375. The van der Waals surface area contributed by atoms with Gasteiger partial charge in [-0.05, 0) is 57.0 Å². The molecule has 0 fully saturated rings. The molecule has 0 aliphatic rings. The molecule has 25 heavy (non-hydrogen) atoms. The summed E-state index contributed by atoms with van der Waals surface area (Å²) in [4.78, 5) is 12.7. The summed E-state index contributed by atoms with van der Waals surface area (Å²) in [5.41, 5.74) is 4.12. The number of carbonyl (C=O) groups excluding carboxylic acids is 1. The number of hydrogen-bond donors (Lipinski definition) is 1. The summed E-state index contributed by atoms with van der Waals surface area (Å²) >= 11 is 0. The molecule has 0 aromatic heterocycles. The molecule has 0 aliphatic heterocycles. The molecule has 0 radical (unpaired) electrons. The first-order valence-electron chi connectivity index (χ1n) is 8.04. The molecule has 0 bridgehead atoms. The van der Waals surface area contributed by atoms with Crippen molar-refractivity contribution in [3.05, 3.63) is 59.2 Å². The molecule has 0 saturated heterocycles. The van der Waals surface area contributed by atoms with E-state index < -0.39 is 16.1 Å². The van der Waals surface area contributed by atoms with E-state index in [9.17, 15) is 13.2 Å². The first-order valence-corrected chi connectivity index (χ1v) is 9.88. The Morgan fingerprint density at radius 3 is 2.12 bits per heavy atom. The zero-order chi connectivity index (χ0) is 18.8. The molecule has 2 rings (SSSR count). The van der Waals surface area contributed by atoms with Crippen LogP contribution in [0.15, 0.2) is 42.5 Å². The lowest BCUT2D eigenvalue weighted by atomic mass is 10.1. The normalized spacial score (nSPS) is 12.5. The van der Waals surface area contributed by atoms with E-state index in [1.54, 1.807) is 19.1 Å². The molecule has 0 aliphatic carbocycles. The summed E-state index contributed by atoms with van der Waals surface area (Å²) < 4.78 is 25.7. The van der Waals surface area contributed by atoms with Gasteiger partial charge in [-0.25, -0.2) is 8.42 Å². The first-order chi connectivity index (χ1) is 11.6. The van der Waals surface area contributed by atoms with Crippen molar-refractivity contribution in [3.8, 4) is 0 Å². The third-order valence-corrected chi connectivity index (χ3v) is 5.27. The minimum atomic E-state index is -3.61. The van der Waals surface area contributed by atoms with Crippen LogP contribution in [0.4, 0.5) is 11.4 Å². The number of rotatable bonds is 5. The van der Waals surface area contributed by atoms with Crippen molar-refractivity contribution in [1.82, 2.24) is 0 Å². The Hall–Kier alpha value is -2.34. The molecule has 0 unspecified atom stereocenters. The molecular formula is C19H24N2O3S. The van der Waals surface area contributed by atoms with E-state index in [0.717, 1.165) is 27.3 Å². The lowest BCUT2D eigenvalue weighted by molar-refractivity contribution is -0.116. The third-order valence-electron chi connectivity index (χ3n) is 4.03. The fourth-order valence-electron chi connectivity index (χ4n) is 2.61. The second-order valence-electron chi connectivity index (χ2n) is 6.38. The molecule has 2 aromatic rings. The van der Waals surface area contributed by atoms with Gasteiger partial charge in [0.25, 0.3) is 0 Å². The Bertz CT molecular complexity index is 874. The number of carbonyl (C=O) groups is 1. The minimum Gasteiger partial charge on any atom is -0.324 e. The van der Waals surface area contributed by atoms with Crippen LogP contribution in [0.5, 0.6) is 0 Å². The maximum absolute atomic E-state index is 12.7. The van der Waals surface area contributed by atoms with Gasteiger partial charge in [-0.3, -0.25) is 9.10 Å². The number of benzene rings is 2. The molecule has 6 heteroatoms. The molecule has 0 spiro atoms. The van der Waals surface area contributed by atoms with E-state index >= 15 is 0 Å². The molecule has 1 amide bonds. The Balaban J connectivity index is 2.33. The fraction of sp³-hybridized carbons (Fsp3) is 0.316. The largest absolute Gasteiger partial charge is 0.324 e. The van der Waals surface area contributed by atoms with E-state index in [2.05, 4.69) is 5.32 Å². The van der Waals surface area contributed by atoms with Gasteiger partial charge in [-0.2, -0.15) is 0 Å². The Labute approximate surface area is 149 Å². The Kier molecular flexibility index (Phi) is 5.52. The average Bonchev–Trinajstić information content (AvgIpc) is 2.51. The van der Waals surface area contributed by atoms with Crippen LogP contribution in [0.25, 0.3) is 0 Å². The van der Waals surface area contributed by atoms with Crippen molar-refractivity contribution < 1.29 is 13.2 Å². The van der Waals surface area contributed by atoms with Crippen molar-refractivity contribution in [2.75, 3.05) is 15.9 Å². The molecule has 1 N–H and O–H groups in total. The number of amides is 1. The van der Waals surface area contributed by atoms with Crippen molar-refractivity contribution >= 4 is 27.3 Å². The molecule has 2 aromatic carbocycles. The number of anilines is 2. The number of aryl methyl sites for hydroxylation is 3. The summed E-state index contributed by atoms with van der Waals surface area (Å²) in [6.07, 6.45) is 1.11. The summed E-state index contributed by atoms with van der Waals surface area (Å²) in [6, 6.07) is 11.9. The highest BCUT2D eigenvalue weighted by molar-refractivity contribution is 7.92. The highest BCUT2D eigenvalue weighted by atomic mass is 32.2. The third kappa shape index (κ3) is 4.60. The van der Waals surface area contributed by atoms with Gasteiger partial charge in [0.05, 0.1) is 11.9 Å². The van der Waals surface area contributed by atoms with Crippen LogP contribution in [-0.4, -0.2) is 26.6 Å². The van der Waals surface area contributed by atoms with Gasteiger partial charge in [0.2, 0.25) is 15.9 Å². The smallest absolute Gasteiger partial charge is 0.248 e. The zero-order valence-electron chi connectivity index (χ0n) is 15.2. The summed E-state index contributed by atoms with van der Waals surface area (Å²) in [7, 11) is -3.61. The van der Waals surface area contributed by atoms with Crippen LogP contribution in [0.3, 0.4) is 0 Å². The van der Waals surface area contributed by atoms with E-state index in [4.69, 9.17) is 0 Å². The average molecular weight is 360 g/mol. The van der Waals surface area contributed by atoms with Gasteiger partial charge in [-0.1, -0.05) is 29.8 Å². The SMILES string of the molecule is Cc1ccc(N([C@@H](C)C(=O)Nc2cc(C)ccc2C)S(C)(=O)=O)cc1. The maximum Gasteiger partial charge on any atom is 0.248 e. The Morgan fingerprint density at radius 2 is 1.56 bits per heavy atom. The molecule has 134 valence electrons. The number of nitrogens with one attached hydrogen (secondary N) is 1. The first kappa shape index (κ1) is 19.0. The molecular weight excluding hydrogens is 336 g/mol. The van der Waals surface area contributed by atoms with Gasteiger partial charge >= 0.3 is 0 Å². The van der Waals surface area contributed by atoms with Crippen molar-refractivity contribution in [1.29, 1.82) is 0 Å². The summed E-state index contributed by atoms with van der Waals surface area (Å²) in [5.74, 6) is -0.375. The van der Waals surface area contributed by atoms with E-state index in [1.165, 1.54) is 0 Å². The number of nitrogens with zero attached hydrogens (tertiary/aromatic N) is 1. The predicted molar refractivity (Wildman–Crippen MR) is 103 cm³/mol. The molecule has 0 heterocycles. The zero-order valence-corrected chi connectivity index (χ0v) is 16.0. The van der Waals surface area contributed by atoms with E-state index in [0.29, 0.717) is 11.4 Å². The molecule has 0 saturated carbocycles. The van der Waals surface area contributed by atoms with Crippen molar-refractivity contribution in [3.63, 3.8) is 0 Å². The van der Waals surface area contributed by atoms with Crippen molar-refractivity contribution in [2.24, 2.45) is 0 Å². The topological polar surface area (TPSA) is 66.5 Å². The van der Waals surface area contributed by atoms with Gasteiger partial charge < -0.3 is 5.32 Å². The number of hydrogen-bond acceptors (Lipinski definition) is 3. The highest BCUT2D eigenvalue weighted by Crippen LogP contribution is 2.23. The fourth-order valence-corrected chi connectivity index (χ4v) is 3.78. The van der Waals surface area contributed by atoms with Gasteiger partial charge in [0.1, 0.15) is 6.04 Å². The van der Waals surface area contributed by atoms with Gasteiger partial charge in [-0.15, -0.1) is 0 Å². The lowest BCUT2D eigenvalue weighted by Gasteiger charge is -2.28. The summed E-state index contributed by atoms with van der Waals surface area (Å²) in [5, 5.41) is 2.84. The van der Waals surface area contributed by atoms with Crippen molar-refractivity contribution in [2.45, 2.75) is 33.7 Å².